The Morgan fingerprint density at radius 1 is 1.39 bits per heavy atom. The number of hydrogen-bond acceptors (Lipinski definition) is 3. The summed E-state index contributed by atoms with van der Waals surface area (Å²) in [4.78, 5) is 18.6. The average molecular weight is 245 g/mol. The Morgan fingerprint density at radius 3 is 2.83 bits per heavy atom. The normalized spacial score (nSPS) is 20.7. The fourth-order valence-electron chi connectivity index (χ4n) is 2.82. The van der Waals surface area contributed by atoms with Gasteiger partial charge in [-0.3, -0.25) is 4.79 Å². The molecule has 1 aromatic rings. The van der Waals surface area contributed by atoms with Crippen LogP contribution in [-0.2, 0) is 6.42 Å². The number of amides is 1. The highest BCUT2D eigenvalue weighted by molar-refractivity contribution is 5.94. The molecule has 0 saturated carbocycles. The van der Waals surface area contributed by atoms with Crippen molar-refractivity contribution in [1.82, 2.24) is 9.88 Å². The highest BCUT2D eigenvalue weighted by Gasteiger charge is 2.29. The first-order valence-electron chi connectivity index (χ1n) is 6.62. The summed E-state index contributed by atoms with van der Waals surface area (Å²) in [5.74, 6) is 1.06. The molecule has 0 aliphatic carbocycles. The van der Waals surface area contributed by atoms with E-state index in [0.29, 0.717) is 0 Å². The second-order valence-corrected chi connectivity index (χ2v) is 5.92. The van der Waals surface area contributed by atoms with Crippen molar-refractivity contribution in [1.29, 1.82) is 0 Å². The van der Waals surface area contributed by atoms with E-state index in [0.717, 1.165) is 49.3 Å². The molecular weight excluding hydrogens is 226 g/mol. The molecule has 2 aliphatic rings. The molecule has 0 bridgehead atoms. The van der Waals surface area contributed by atoms with E-state index in [-0.39, 0.29) is 11.4 Å². The standard InChI is InChI=1S/C14H19N3O/c1-14(2)8-10-7-11(9-15-12(10)16-14)13(18)17-5-3-4-6-17/h7,9H,3-6,8H2,1-2H3,(H,15,16). The van der Waals surface area contributed by atoms with Gasteiger partial charge in [-0.05, 0) is 44.7 Å². The first kappa shape index (κ1) is 11.5. The molecule has 2 aliphatic heterocycles. The van der Waals surface area contributed by atoms with Crippen LogP contribution >= 0.6 is 0 Å². The molecule has 1 saturated heterocycles. The monoisotopic (exact) mass is 245 g/mol. The predicted molar refractivity (Wildman–Crippen MR) is 70.8 cm³/mol. The Bertz CT molecular complexity index is 490. The molecule has 1 fully saturated rings. The second kappa shape index (κ2) is 3.97. The van der Waals surface area contributed by atoms with E-state index in [1.807, 2.05) is 11.0 Å². The quantitative estimate of drug-likeness (QED) is 0.823. The minimum absolute atomic E-state index is 0.0463. The van der Waals surface area contributed by atoms with E-state index in [4.69, 9.17) is 0 Å². The molecule has 0 spiro atoms. The number of pyridine rings is 1. The van der Waals surface area contributed by atoms with E-state index >= 15 is 0 Å². The summed E-state index contributed by atoms with van der Waals surface area (Å²) in [6, 6.07) is 2.00. The van der Waals surface area contributed by atoms with Gasteiger partial charge in [0.05, 0.1) is 5.56 Å². The molecule has 3 rings (SSSR count). The number of anilines is 1. The molecule has 0 radical (unpaired) electrons. The van der Waals surface area contributed by atoms with Crippen LogP contribution in [0.1, 0.15) is 42.6 Å². The van der Waals surface area contributed by atoms with Crippen molar-refractivity contribution in [2.75, 3.05) is 18.4 Å². The lowest BCUT2D eigenvalue weighted by atomic mass is 10.00. The van der Waals surface area contributed by atoms with Crippen LogP contribution in [-0.4, -0.2) is 34.4 Å². The number of carbonyl (C=O) groups excluding carboxylic acids is 1. The zero-order chi connectivity index (χ0) is 12.8. The number of hydrogen-bond donors (Lipinski definition) is 1. The van der Waals surface area contributed by atoms with Gasteiger partial charge in [0.1, 0.15) is 5.82 Å². The lowest BCUT2D eigenvalue weighted by Crippen LogP contribution is -2.27. The second-order valence-electron chi connectivity index (χ2n) is 5.92. The maximum atomic E-state index is 12.3. The van der Waals surface area contributed by atoms with Crippen LogP contribution in [0.15, 0.2) is 12.3 Å². The molecule has 1 N–H and O–H groups in total. The summed E-state index contributed by atoms with van der Waals surface area (Å²) >= 11 is 0. The van der Waals surface area contributed by atoms with Gasteiger partial charge in [0.2, 0.25) is 0 Å². The van der Waals surface area contributed by atoms with Gasteiger partial charge in [-0.15, -0.1) is 0 Å². The Kier molecular flexibility index (Phi) is 2.54. The molecule has 0 atom stereocenters. The van der Waals surface area contributed by atoms with Crippen molar-refractivity contribution in [3.63, 3.8) is 0 Å². The topological polar surface area (TPSA) is 45.2 Å². The fraction of sp³-hybridized carbons (Fsp3) is 0.571. The number of rotatable bonds is 1. The summed E-state index contributed by atoms with van der Waals surface area (Å²) in [6.07, 6.45) is 4.88. The molecule has 96 valence electrons. The summed E-state index contributed by atoms with van der Waals surface area (Å²) < 4.78 is 0. The Morgan fingerprint density at radius 2 is 2.11 bits per heavy atom. The molecule has 1 amide bonds. The largest absolute Gasteiger partial charge is 0.365 e. The van der Waals surface area contributed by atoms with Crippen LogP contribution in [0.5, 0.6) is 0 Å². The van der Waals surface area contributed by atoms with E-state index in [2.05, 4.69) is 24.1 Å². The zero-order valence-electron chi connectivity index (χ0n) is 11.0. The minimum Gasteiger partial charge on any atom is -0.365 e. The molecule has 0 unspecified atom stereocenters. The van der Waals surface area contributed by atoms with Crippen LogP contribution in [0.4, 0.5) is 5.82 Å². The van der Waals surface area contributed by atoms with Crippen LogP contribution in [0.3, 0.4) is 0 Å². The van der Waals surface area contributed by atoms with Crippen molar-refractivity contribution in [3.8, 4) is 0 Å². The highest BCUT2D eigenvalue weighted by Crippen LogP contribution is 2.30. The van der Waals surface area contributed by atoms with Gasteiger partial charge >= 0.3 is 0 Å². The third-order valence-corrected chi connectivity index (χ3v) is 3.70. The SMILES string of the molecule is CC1(C)Cc2cc(C(=O)N3CCCC3)cnc2N1. The van der Waals surface area contributed by atoms with Gasteiger partial charge in [-0.1, -0.05) is 0 Å². The first-order valence-corrected chi connectivity index (χ1v) is 6.62. The Balaban J connectivity index is 1.85. The number of nitrogens with zero attached hydrogens (tertiary/aromatic N) is 2. The Hall–Kier alpha value is -1.58. The Labute approximate surface area is 107 Å². The van der Waals surface area contributed by atoms with E-state index < -0.39 is 0 Å². The van der Waals surface area contributed by atoms with Crippen molar-refractivity contribution >= 4 is 11.7 Å². The van der Waals surface area contributed by atoms with Crippen molar-refractivity contribution in [3.05, 3.63) is 23.4 Å². The lowest BCUT2D eigenvalue weighted by Gasteiger charge is -2.17. The summed E-state index contributed by atoms with van der Waals surface area (Å²) in [5.41, 5.74) is 1.94. The van der Waals surface area contributed by atoms with Gasteiger partial charge in [-0.25, -0.2) is 4.98 Å². The van der Waals surface area contributed by atoms with E-state index in [9.17, 15) is 4.79 Å². The van der Waals surface area contributed by atoms with Crippen LogP contribution in [0.25, 0.3) is 0 Å². The predicted octanol–water partition coefficient (Wildman–Crippen LogP) is 2.06. The average Bonchev–Trinajstić information content (AvgIpc) is 2.91. The van der Waals surface area contributed by atoms with Crippen LogP contribution in [0, 0.1) is 0 Å². The molecule has 0 aromatic carbocycles. The zero-order valence-corrected chi connectivity index (χ0v) is 11.0. The van der Waals surface area contributed by atoms with Crippen LogP contribution < -0.4 is 5.32 Å². The van der Waals surface area contributed by atoms with E-state index in [1.165, 1.54) is 0 Å². The molecule has 4 heteroatoms. The van der Waals surface area contributed by atoms with Gasteiger partial charge in [0.15, 0.2) is 0 Å². The summed E-state index contributed by atoms with van der Waals surface area (Å²) in [6.45, 7) is 6.08. The van der Waals surface area contributed by atoms with Crippen LogP contribution in [0.2, 0.25) is 0 Å². The lowest BCUT2D eigenvalue weighted by molar-refractivity contribution is 0.0792. The first-order chi connectivity index (χ1) is 8.55. The van der Waals surface area contributed by atoms with Gasteiger partial charge in [0, 0.05) is 24.8 Å². The summed E-state index contributed by atoms with van der Waals surface area (Å²) in [5, 5.41) is 3.37. The molecule has 18 heavy (non-hydrogen) atoms. The fourth-order valence-corrected chi connectivity index (χ4v) is 2.82. The minimum atomic E-state index is 0.0463. The molecule has 3 heterocycles. The number of fused-ring (bicyclic) bond motifs is 1. The summed E-state index contributed by atoms with van der Waals surface area (Å²) in [7, 11) is 0. The maximum absolute atomic E-state index is 12.3. The smallest absolute Gasteiger partial charge is 0.255 e. The van der Waals surface area contributed by atoms with Crippen molar-refractivity contribution < 1.29 is 4.79 Å². The van der Waals surface area contributed by atoms with E-state index in [1.54, 1.807) is 6.20 Å². The number of carbonyl (C=O) groups is 1. The van der Waals surface area contributed by atoms with Crippen molar-refractivity contribution in [2.24, 2.45) is 0 Å². The highest BCUT2D eigenvalue weighted by atomic mass is 16.2. The van der Waals surface area contributed by atoms with Gasteiger partial charge in [0.25, 0.3) is 5.91 Å². The molecule has 4 nitrogen and oxygen atoms in total. The third-order valence-electron chi connectivity index (χ3n) is 3.70. The number of aromatic nitrogens is 1. The van der Waals surface area contributed by atoms with Gasteiger partial charge < -0.3 is 10.2 Å². The van der Waals surface area contributed by atoms with Crippen molar-refractivity contribution in [2.45, 2.75) is 38.6 Å². The number of nitrogens with one attached hydrogen (secondary N) is 1. The third kappa shape index (κ3) is 1.96. The molecule has 1 aromatic heterocycles. The molecular formula is C14H19N3O. The van der Waals surface area contributed by atoms with Gasteiger partial charge in [-0.2, -0.15) is 0 Å². The maximum Gasteiger partial charge on any atom is 0.255 e. The number of likely N-dealkylation sites (tertiary alicyclic amines) is 1.